The molecule has 1 rings (SSSR count). The lowest BCUT2D eigenvalue weighted by atomic mass is 10.1. The molecule has 0 spiro atoms. The molecule has 74 valence electrons. The molecule has 2 heteroatoms. The van der Waals surface area contributed by atoms with Crippen LogP contribution in [0.5, 0.6) is 0 Å². The van der Waals surface area contributed by atoms with Gasteiger partial charge in [0.05, 0.1) is 0 Å². The second-order valence-corrected chi connectivity index (χ2v) is 3.94. The van der Waals surface area contributed by atoms with Crippen molar-refractivity contribution in [2.75, 3.05) is 5.75 Å². The van der Waals surface area contributed by atoms with E-state index in [1.807, 2.05) is 11.5 Å². The number of carbonyl (C=O) groups excluding carboxylic acids is 1. The monoisotopic (exact) mass is 206 g/mol. The van der Waals surface area contributed by atoms with Crippen LogP contribution in [0.4, 0.5) is 0 Å². The Balaban J connectivity index is 2.10. The Morgan fingerprint density at radius 3 is 2.71 bits per heavy atom. The fourth-order valence-electron chi connectivity index (χ4n) is 1.16. The molecule has 0 aliphatic rings. The second-order valence-electron chi connectivity index (χ2n) is 2.92. The number of aldehydes is 1. The van der Waals surface area contributed by atoms with Crippen LogP contribution in [0.2, 0.25) is 0 Å². The molecule has 14 heavy (non-hydrogen) atoms. The first-order chi connectivity index (χ1) is 6.93. The van der Waals surface area contributed by atoms with Gasteiger partial charge in [0.15, 0.2) is 0 Å². The zero-order valence-corrected chi connectivity index (χ0v) is 8.87. The van der Waals surface area contributed by atoms with Crippen LogP contribution < -0.4 is 0 Å². The summed E-state index contributed by atoms with van der Waals surface area (Å²) in [5.74, 6) is 1.07. The average molecular weight is 206 g/mol. The SMILES string of the molecule is O=CC=CSCCCc1ccccc1. The van der Waals surface area contributed by atoms with E-state index in [1.54, 1.807) is 11.8 Å². The summed E-state index contributed by atoms with van der Waals surface area (Å²) in [4.78, 5) is 9.96. The summed E-state index contributed by atoms with van der Waals surface area (Å²) in [6.45, 7) is 0. The Hall–Kier alpha value is -1.02. The van der Waals surface area contributed by atoms with E-state index >= 15 is 0 Å². The molecule has 0 bridgehead atoms. The smallest absolute Gasteiger partial charge is 0.143 e. The zero-order valence-electron chi connectivity index (χ0n) is 8.06. The van der Waals surface area contributed by atoms with Crippen molar-refractivity contribution in [2.24, 2.45) is 0 Å². The fraction of sp³-hybridized carbons (Fsp3) is 0.250. The van der Waals surface area contributed by atoms with Gasteiger partial charge in [-0.3, -0.25) is 4.79 Å². The minimum atomic E-state index is 0.810. The summed E-state index contributed by atoms with van der Waals surface area (Å²) in [6, 6.07) is 10.5. The van der Waals surface area contributed by atoms with Gasteiger partial charge in [-0.1, -0.05) is 30.3 Å². The van der Waals surface area contributed by atoms with Crippen LogP contribution >= 0.6 is 11.8 Å². The van der Waals surface area contributed by atoms with E-state index in [0.717, 1.165) is 24.9 Å². The number of benzene rings is 1. The van der Waals surface area contributed by atoms with Crippen LogP contribution in [-0.2, 0) is 11.2 Å². The van der Waals surface area contributed by atoms with Crippen molar-refractivity contribution in [3.05, 3.63) is 47.4 Å². The van der Waals surface area contributed by atoms with Gasteiger partial charge in [-0.15, -0.1) is 11.8 Å². The highest BCUT2D eigenvalue weighted by atomic mass is 32.2. The fourth-order valence-corrected chi connectivity index (χ4v) is 1.78. The van der Waals surface area contributed by atoms with Gasteiger partial charge in [-0.05, 0) is 35.6 Å². The third kappa shape index (κ3) is 4.87. The lowest BCUT2D eigenvalue weighted by Gasteiger charge is -1.98. The molecule has 0 aliphatic carbocycles. The second kappa shape index (κ2) is 7.39. The molecule has 0 amide bonds. The summed E-state index contributed by atoms with van der Waals surface area (Å²) >= 11 is 1.69. The van der Waals surface area contributed by atoms with Gasteiger partial charge < -0.3 is 0 Å². The van der Waals surface area contributed by atoms with Gasteiger partial charge in [0, 0.05) is 0 Å². The molecule has 0 aromatic heterocycles. The molecule has 0 radical (unpaired) electrons. The quantitative estimate of drug-likeness (QED) is 0.404. The van der Waals surface area contributed by atoms with Crippen LogP contribution in [0.3, 0.4) is 0 Å². The summed E-state index contributed by atoms with van der Waals surface area (Å²) in [5, 5.41) is 1.85. The van der Waals surface area contributed by atoms with E-state index in [0.29, 0.717) is 0 Å². The minimum absolute atomic E-state index is 0.810. The highest BCUT2D eigenvalue weighted by Crippen LogP contribution is 2.08. The Morgan fingerprint density at radius 1 is 1.21 bits per heavy atom. The number of hydrogen-bond acceptors (Lipinski definition) is 2. The molecule has 0 saturated heterocycles. The lowest BCUT2D eigenvalue weighted by molar-refractivity contribution is -0.104. The molecule has 0 saturated carbocycles. The van der Waals surface area contributed by atoms with Crippen molar-refractivity contribution in [3.8, 4) is 0 Å². The van der Waals surface area contributed by atoms with Gasteiger partial charge >= 0.3 is 0 Å². The lowest BCUT2D eigenvalue weighted by Crippen LogP contribution is -1.85. The van der Waals surface area contributed by atoms with Crippen LogP contribution in [0.15, 0.2) is 41.8 Å². The summed E-state index contributed by atoms with van der Waals surface area (Å²) < 4.78 is 0. The molecule has 1 nitrogen and oxygen atoms in total. The Morgan fingerprint density at radius 2 is 2.00 bits per heavy atom. The molecule has 0 heterocycles. The summed E-state index contributed by atoms with van der Waals surface area (Å²) in [5.41, 5.74) is 1.38. The van der Waals surface area contributed by atoms with Gasteiger partial charge in [0.1, 0.15) is 6.29 Å². The third-order valence-electron chi connectivity index (χ3n) is 1.82. The van der Waals surface area contributed by atoms with E-state index in [1.165, 1.54) is 11.6 Å². The number of rotatable bonds is 6. The Labute approximate surface area is 89.2 Å². The highest BCUT2D eigenvalue weighted by molar-refractivity contribution is 8.02. The maximum absolute atomic E-state index is 9.96. The molecule has 0 unspecified atom stereocenters. The van der Waals surface area contributed by atoms with Gasteiger partial charge in [0.25, 0.3) is 0 Å². The summed E-state index contributed by atoms with van der Waals surface area (Å²) in [7, 11) is 0. The molecular formula is C12H14OS. The Kier molecular flexibility index (Phi) is 5.84. The van der Waals surface area contributed by atoms with E-state index in [-0.39, 0.29) is 0 Å². The third-order valence-corrected chi connectivity index (χ3v) is 2.70. The van der Waals surface area contributed by atoms with Crippen molar-refractivity contribution >= 4 is 18.0 Å². The van der Waals surface area contributed by atoms with E-state index in [2.05, 4.69) is 24.3 Å². The van der Waals surface area contributed by atoms with Crippen molar-refractivity contribution in [1.29, 1.82) is 0 Å². The number of allylic oxidation sites excluding steroid dienone is 1. The largest absolute Gasteiger partial charge is 0.299 e. The average Bonchev–Trinajstić information content (AvgIpc) is 2.25. The minimum Gasteiger partial charge on any atom is -0.299 e. The maximum Gasteiger partial charge on any atom is 0.143 e. The topological polar surface area (TPSA) is 17.1 Å². The summed E-state index contributed by atoms with van der Waals surface area (Å²) in [6.07, 6.45) is 4.61. The maximum atomic E-state index is 9.96. The molecule has 0 aliphatic heterocycles. The zero-order chi connectivity index (χ0) is 10.1. The number of aryl methyl sites for hydroxylation is 1. The van der Waals surface area contributed by atoms with Gasteiger partial charge in [-0.25, -0.2) is 0 Å². The van der Waals surface area contributed by atoms with E-state index in [9.17, 15) is 4.79 Å². The molecule has 1 aromatic carbocycles. The van der Waals surface area contributed by atoms with Crippen LogP contribution in [0.25, 0.3) is 0 Å². The van der Waals surface area contributed by atoms with Crippen molar-refractivity contribution in [3.63, 3.8) is 0 Å². The first-order valence-corrected chi connectivity index (χ1v) is 5.74. The van der Waals surface area contributed by atoms with Crippen molar-refractivity contribution in [2.45, 2.75) is 12.8 Å². The van der Waals surface area contributed by atoms with Crippen molar-refractivity contribution < 1.29 is 4.79 Å². The predicted molar refractivity (Wildman–Crippen MR) is 62.4 cm³/mol. The molecule has 1 aromatic rings. The number of carbonyl (C=O) groups is 1. The standard InChI is InChI=1S/C12H14OS/c13-9-5-11-14-10-4-8-12-6-2-1-3-7-12/h1-3,5-7,9,11H,4,8,10H2. The van der Waals surface area contributed by atoms with E-state index < -0.39 is 0 Å². The van der Waals surface area contributed by atoms with Crippen molar-refractivity contribution in [1.82, 2.24) is 0 Å². The Bertz CT molecular complexity index is 280. The van der Waals surface area contributed by atoms with Crippen LogP contribution in [-0.4, -0.2) is 12.0 Å². The number of hydrogen-bond donors (Lipinski definition) is 0. The first kappa shape index (κ1) is 11.1. The van der Waals surface area contributed by atoms with Crippen LogP contribution in [0.1, 0.15) is 12.0 Å². The van der Waals surface area contributed by atoms with E-state index in [4.69, 9.17) is 0 Å². The predicted octanol–water partition coefficient (Wildman–Crippen LogP) is 3.07. The van der Waals surface area contributed by atoms with Gasteiger partial charge in [0.2, 0.25) is 0 Å². The number of thioether (sulfide) groups is 1. The molecule has 0 N–H and O–H groups in total. The molecule has 0 fully saturated rings. The normalized spacial score (nSPS) is 10.6. The molecule has 0 atom stereocenters. The highest BCUT2D eigenvalue weighted by Gasteiger charge is 1.90. The van der Waals surface area contributed by atoms with Gasteiger partial charge in [-0.2, -0.15) is 0 Å². The first-order valence-electron chi connectivity index (χ1n) is 4.69. The van der Waals surface area contributed by atoms with Crippen LogP contribution in [0, 0.1) is 0 Å². The molecular weight excluding hydrogens is 192 g/mol.